The zero-order valence-corrected chi connectivity index (χ0v) is 18.4. The van der Waals surface area contributed by atoms with E-state index in [0.717, 1.165) is 5.56 Å². The summed E-state index contributed by atoms with van der Waals surface area (Å²) in [6, 6.07) is 10.5. The molecule has 0 aliphatic rings. The number of hydrogen-bond acceptors (Lipinski definition) is 7. The predicted molar refractivity (Wildman–Crippen MR) is 117 cm³/mol. The molecule has 0 saturated carbocycles. The summed E-state index contributed by atoms with van der Waals surface area (Å²) in [5.41, 5.74) is 1.53. The maximum atomic E-state index is 12.3. The number of esters is 1. The lowest BCUT2D eigenvalue weighted by molar-refractivity contribution is -0.146. The van der Waals surface area contributed by atoms with Crippen LogP contribution < -0.4 is 10.6 Å². The van der Waals surface area contributed by atoms with Gasteiger partial charge in [0.1, 0.15) is 11.9 Å². The SMILES string of the molecule is COC(=O)[C@@H](NC(=O)CCc1nnc2ccc(NCc3ccccc3Cl)nn12)C(C)C. The first-order valence-corrected chi connectivity index (χ1v) is 10.3. The maximum Gasteiger partial charge on any atom is 0.328 e. The molecular formula is C21H25ClN6O3. The number of hydrogen-bond donors (Lipinski definition) is 2. The van der Waals surface area contributed by atoms with E-state index in [-0.39, 0.29) is 18.2 Å². The van der Waals surface area contributed by atoms with Crippen molar-refractivity contribution >= 4 is 34.9 Å². The lowest BCUT2D eigenvalue weighted by Crippen LogP contribution is -2.45. The molecule has 164 valence electrons. The highest BCUT2D eigenvalue weighted by Gasteiger charge is 2.24. The molecule has 0 fully saturated rings. The Morgan fingerprint density at radius 2 is 1.94 bits per heavy atom. The second kappa shape index (κ2) is 10.2. The van der Waals surface area contributed by atoms with Crippen LogP contribution in [0.15, 0.2) is 36.4 Å². The number of carbonyl (C=O) groups is 2. The van der Waals surface area contributed by atoms with Gasteiger partial charge in [0, 0.05) is 24.4 Å². The number of aryl methyl sites for hydroxylation is 1. The number of benzene rings is 1. The monoisotopic (exact) mass is 444 g/mol. The van der Waals surface area contributed by atoms with Crippen LogP contribution in [0.1, 0.15) is 31.7 Å². The summed E-state index contributed by atoms with van der Waals surface area (Å²) in [7, 11) is 1.30. The minimum atomic E-state index is -0.689. The highest BCUT2D eigenvalue weighted by atomic mass is 35.5. The topological polar surface area (TPSA) is 111 Å². The first-order chi connectivity index (χ1) is 14.9. The van der Waals surface area contributed by atoms with Crippen LogP contribution in [-0.4, -0.2) is 44.8 Å². The molecule has 0 bridgehead atoms. The zero-order chi connectivity index (χ0) is 22.4. The maximum absolute atomic E-state index is 12.3. The number of carbonyl (C=O) groups excluding carboxylic acids is 2. The van der Waals surface area contributed by atoms with Crippen LogP contribution in [-0.2, 0) is 27.3 Å². The lowest BCUT2D eigenvalue weighted by Gasteiger charge is -2.19. The molecule has 0 saturated heterocycles. The van der Waals surface area contributed by atoms with Gasteiger partial charge in [0.15, 0.2) is 11.5 Å². The van der Waals surface area contributed by atoms with E-state index in [9.17, 15) is 9.59 Å². The van der Waals surface area contributed by atoms with Gasteiger partial charge in [0.25, 0.3) is 0 Å². The molecule has 10 heteroatoms. The number of amides is 1. The Morgan fingerprint density at radius 1 is 1.16 bits per heavy atom. The molecule has 9 nitrogen and oxygen atoms in total. The fraction of sp³-hybridized carbons (Fsp3) is 0.381. The molecule has 0 spiro atoms. The average Bonchev–Trinajstić information content (AvgIpc) is 3.17. The molecule has 3 aromatic rings. The van der Waals surface area contributed by atoms with Crippen molar-refractivity contribution in [3.63, 3.8) is 0 Å². The number of fused-ring (bicyclic) bond motifs is 1. The largest absolute Gasteiger partial charge is 0.467 e. The van der Waals surface area contributed by atoms with Crippen molar-refractivity contribution in [2.24, 2.45) is 5.92 Å². The van der Waals surface area contributed by atoms with Crippen molar-refractivity contribution in [1.29, 1.82) is 0 Å². The standard InChI is InChI=1S/C21H25ClN6O3/c1-13(2)20(21(30)31-3)24-19(29)11-10-18-26-25-17-9-8-16(27-28(17)18)23-12-14-6-4-5-7-15(14)22/h4-9,13,20H,10-12H2,1-3H3,(H,23,27)(H,24,29)/t20-/m0/s1. The minimum absolute atomic E-state index is 0.0845. The van der Waals surface area contributed by atoms with Gasteiger partial charge in [-0.05, 0) is 29.7 Å². The molecule has 1 amide bonds. The van der Waals surface area contributed by atoms with Gasteiger partial charge in [-0.25, -0.2) is 4.79 Å². The van der Waals surface area contributed by atoms with Crippen molar-refractivity contribution in [2.75, 3.05) is 12.4 Å². The molecular weight excluding hydrogens is 420 g/mol. The highest BCUT2D eigenvalue weighted by Crippen LogP contribution is 2.17. The van der Waals surface area contributed by atoms with E-state index in [1.165, 1.54) is 7.11 Å². The molecule has 2 N–H and O–H groups in total. The van der Waals surface area contributed by atoms with Crippen molar-refractivity contribution in [3.8, 4) is 0 Å². The molecule has 2 aromatic heterocycles. The van der Waals surface area contributed by atoms with E-state index in [4.69, 9.17) is 16.3 Å². The summed E-state index contributed by atoms with van der Waals surface area (Å²) in [5.74, 6) is 0.356. The van der Waals surface area contributed by atoms with E-state index in [1.807, 2.05) is 38.1 Å². The number of ether oxygens (including phenoxy) is 1. The van der Waals surface area contributed by atoms with E-state index in [0.29, 0.717) is 35.3 Å². The molecule has 0 radical (unpaired) electrons. The van der Waals surface area contributed by atoms with Gasteiger partial charge in [0.05, 0.1) is 7.11 Å². The van der Waals surface area contributed by atoms with E-state index in [1.54, 1.807) is 16.6 Å². The molecule has 2 heterocycles. The zero-order valence-electron chi connectivity index (χ0n) is 17.6. The normalized spacial score (nSPS) is 12.0. The number of methoxy groups -OCH3 is 1. The fourth-order valence-electron chi connectivity index (χ4n) is 3.01. The Labute approximate surface area is 185 Å². The molecule has 3 rings (SSSR count). The molecule has 0 aliphatic carbocycles. The average molecular weight is 445 g/mol. The number of rotatable bonds is 9. The van der Waals surface area contributed by atoms with Gasteiger partial charge in [-0.1, -0.05) is 43.6 Å². The Hall–Kier alpha value is -3.20. The summed E-state index contributed by atoms with van der Waals surface area (Å²) in [4.78, 5) is 24.2. The van der Waals surface area contributed by atoms with Crippen LogP contribution in [0.2, 0.25) is 5.02 Å². The summed E-state index contributed by atoms with van der Waals surface area (Å²) in [6.45, 7) is 4.20. The molecule has 0 aliphatic heterocycles. The van der Waals surface area contributed by atoms with Gasteiger partial charge in [-0.2, -0.15) is 4.52 Å². The van der Waals surface area contributed by atoms with Crippen LogP contribution in [0, 0.1) is 5.92 Å². The van der Waals surface area contributed by atoms with Crippen LogP contribution in [0.25, 0.3) is 5.65 Å². The first kappa shape index (κ1) is 22.5. The Bertz CT molecular complexity index is 1070. The van der Waals surface area contributed by atoms with Gasteiger partial charge in [-0.15, -0.1) is 15.3 Å². The molecule has 1 aromatic carbocycles. The number of nitrogens with zero attached hydrogens (tertiary/aromatic N) is 4. The smallest absolute Gasteiger partial charge is 0.328 e. The van der Waals surface area contributed by atoms with E-state index < -0.39 is 12.0 Å². The van der Waals surface area contributed by atoms with Crippen molar-refractivity contribution < 1.29 is 14.3 Å². The van der Waals surface area contributed by atoms with Crippen LogP contribution >= 0.6 is 11.6 Å². The second-order valence-electron chi connectivity index (χ2n) is 7.36. The Kier molecular flexibility index (Phi) is 7.41. The quantitative estimate of drug-likeness (QED) is 0.488. The molecule has 31 heavy (non-hydrogen) atoms. The number of anilines is 1. The van der Waals surface area contributed by atoms with Crippen LogP contribution in [0.3, 0.4) is 0 Å². The van der Waals surface area contributed by atoms with Crippen molar-refractivity contribution in [2.45, 2.75) is 39.3 Å². The number of nitrogens with one attached hydrogen (secondary N) is 2. The van der Waals surface area contributed by atoms with E-state index >= 15 is 0 Å². The summed E-state index contributed by atoms with van der Waals surface area (Å²) in [6.07, 6.45) is 0.458. The Morgan fingerprint density at radius 3 is 2.65 bits per heavy atom. The van der Waals surface area contributed by atoms with E-state index in [2.05, 4.69) is 25.9 Å². The molecule has 0 unspecified atom stereocenters. The summed E-state index contributed by atoms with van der Waals surface area (Å²) in [5, 5.41) is 19.4. The third kappa shape index (κ3) is 5.69. The van der Waals surface area contributed by atoms with Crippen molar-refractivity contribution in [3.05, 3.63) is 52.8 Å². The van der Waals surface area contributed by atoms with Gasteiger partial charge in [-0.3, -0.25) is 4.79 Å². The summed E-state index contributed by atoms with van der Waals surface area (Å²) >= 11 is 6.20. The molecule has 1 atom stereocenters. The highest BCUT2D eigenvalue weighted by molar-refractivity contribution is 6.31. The lowest BCUT2D eigenvalue weighted by atomic mass is 10.0. The minimum Gasteiger partial charge on any atom is -0.467 e. The van der Waals surface area contributed by atoms with Gasteiger partial charge < -0.3 is 15.4 Å². The Balaban J connectivity index is 1.64. The first-order valence-electron chi connectivity index (χ1n) is 9.95. The third-order valence-corrected chi connectivity index (χ3v) is 5.13. The van der Waals surface area contributed by atoms with Crippen molar-refractivity contribution in [1.82, 2.24) is 25.1 Å². The number of aromatic nitrogens is 4. The van der Waals surface area contributed by atoms with Gasteiger partial charge >= 0.3 is 5.97 Å². The van der Waals surface area contributed by atoms with Crippen LogP contribution in [0.4, 0.5) is 5.82 Å². The van der Waals surface area contributed by atoms with Gasteiger partial charge in [0.2, 0.25) is 5.91 Å². The third-order valence-electron chi connectivity index (χ3n) is 4.76. The van der Waals surface area contributed by atoms with Crippen LogP contribution in [0.5, 0.6) is 0 Å². The summed E-state index contributed by atoms with van der Waals surface area (Å²) < 4.78 is 6.35. The number of halogens is 1. The fourth-order valence-corrected chi connectivity index (χ4v) is 3.21. The predicted octanol–water partition coefficient (Wildman–Crippen LogP) is 2.64. The second-order valence-corrected chi connectivity index (χ2v) is 7.77.